The maximum atomic E-state index is 5.65. The second kappa shape index (κ2) is 11.1. The lowest BCUT2D eigenvalue weighted by molar-refractivity contribution is 0.311. The highest BCUT2D eigenvalue weighted by Gasteiger charge is 2.11. The molecule has 0 heterocycles. The topological polar surface area (TPSA) is 64.1 Å². The number of hydrogen-bond acceptors (Lipinski definition) is 4. The van der Waals surface area contributed by atoms with E-state index in [1.807, 2.05) is 50.2 Å². The van der Waals surface area contributed by atoms with E-state index < -0.39 is 0 Å². The molecule has 0 aliphatic carbocycles. The monoisotopic (exact) mass is 385 g/mol. The van der Waals surface area contributed by atoms with E-state index in [0.717, 1.165) is 29.5 Å². The molecule has 0 aliphatic heterocycles. The predicted molar refractivity (Wildman–Crippen MR) is 115 cm³/mol. The molecule has 2 N–H and O–H groups in total. The number of guanidine groups is 1. The molecule has 0 amide bonds. The van der Waals surface area contributed by atoms with Gasteiger partial charge in [-0.3, -0.25) is 4.99 Å². The first kappa shape index (κ1) is 21.4. The van der Waals surface area contributed by atoms with Crippen LogP contribution in [0.3, 0.4) is 0 Å². The van der Waals surface area contributed by atoms with Crippen molar-refractivity contribution in [3.8, 4) is 17.2 Å². The van der Waals surface area contributed by atoms with Crippen molar-refractivity contribution in [1.82, 2.24) is 5.32 Å². The number of nitrogens with zero attached hydrogens (tertiary/aromatic N) is 1. The molecule has 152 valence electrons. The fraction of sp³-hybridized carbons (Fsp3) is 0.409. The molecule has 28 heavy (non-hydrogen) atoms. The number of hydrogen-bond donors (Lipinski definition) is 2. The van der Waals surface area contributed by atoms with Crippen LogP contribution in [-0.2, 0) is 0 Å². The summed E-state index contributed by atoms with van der Waals surface area (Å²) >= 11 is 0. The van der Waals surface area contributed by atoms with Gasteiger partial charge >= 0.3 is 0 Å². The number of ether oxygens (including phenoxy) is 3. The van der Waals surface area contributed by atoms with Gasteiger partial charge in [0.05, 0.1) is 20.8 Å². The average Bonchev–Trinajstić information content (AvgIpc) is 2.72. The third kappa shape index (κ3) is 5.81. The summed E-state index contributed by atoms with van der Waals surface area (Å²) in [5.41, 5.74) is 2.03. The highest BCUT2D eigenvalue weighted by molar-refractivity contribution is 5.94. The minimum Gasteiger partial charge on any atom is -0.496 e. The van der Waals surface area contributed by atoms with Crippen molar-refractivity contribution in [1.29, 1.82) is 0 Å². The summed E-state index contributed by atoms with van der Waals surface area (Å²) in [6.07, 6.45) is 0. The van der Waals surface area contributed by atoms with Gasteiger partial charge in [-0.2, -0.15) is 0 Å². The summed E-state index contributed by atoms with van der Waals surface area (Å²) in [6.45, 7) is 8.11. The maximum Gasteiger partial charge on any atom is 0.195 e. The van der Waals surface area contributed by atoms with Gasteiger partial charge in [0, 0.05) is 30.8 Å². The van der Waals surface area contributed by atoms with E-state index in [1.165, 1.54) is 0 Å². The van der Waals surface area contributed by atoms with E-state index >= 15 is 0 Å². The number of anilines is 1. The number of nitrogens with one attached hydrogen (secondary N) is 2. The van der Waals surface area contributed by atoms with E-state index in [9.17, 15) is 0 Å². The molecule has 2 aromatic carbocycles. The molecule has 0 bridgehead atoms. The maximum absolute atomic E-state index is 5.65. The zero-order valence-electron chi connectivity index (χ0n) is 17.4. The first-order valence-electron chi connectivity index (χ1n) is 9.61. The van der Waals surface area contributed by atoms with Crippen molar-refractivity contribution < 1.29 is 14.2 Å². The highest BCUT2D eigenvalue weighted by Crippen LogP contribution is 2.30. The van der Waals surface area contributed by atoms with Crippen LogP contribution in [0.1, 0.15) is 32.3 Å². The second-order valence-electron chi connectivity index (χ2n) is 6.29. The zero-order chi connectivity index (χ0) is 20.4. The van der Waals surface area contributed by atoms with Gasteiger partial charge in [-0.15, -0.1) is 0 Å². The molecule has 0 fully saturated rings. The third-order valence-corrected chi connectivity index (χ3v) is 4.26. The molecule has 1 unspecified atom stereocenters. The smallest absolute Gasteiger partial charge is 0.195 e. The lowest BCUT2D eigenvalue weighted by atomic mass is 10.0. The summed E-state index contributed by atoms with van der Waals surface area (Å²) in [5, 5.41) is 6.62. The summed E-state index contributed by atoms with van der Waals surface area (Å²) in [7, 11) is 3.33. The first-order valence-corrected chi connectivity index (χ1v) is 9.61. The number of methoxy groups -OCH3 is 2. The van der Waals surface area contributed by atoms with Crippen molar-refractivity contribution >= 4 is 11.6 Å². The molecule has 1 atom stereocenters. The standard InChI is InChI=1S/C22H31N3O3/c1-6-23-22(24-15-16(3)18-10-8-9-11-19(18)26-4)25-17-12-13-20(27-5)21(14-17)28-7-2/h8-14,16H,6-7,15H2,1-5H3,(H2,23,24,25). The number of aliphatic imine (C=N–C) groups is 1. The van der Waals surface area contributed by atoms with Gasteiger partial charge in [0.25, 0.3) is 0 Å². The molecule has 0 aromatic heterocycles. The van der Waals surface area contributed by atoms with E-state index in [2.05, 4.69) is 23.6 Å². The molecule has 2 rings (SSSR count). The van der Waals surface area contributed by atoms with Crippen LogP contribution < -0.4 is 24.8 Å². The predicted octanol–water partition coefficient (Wildman–Crippen LogP) is 4.28. The Bertz CT molecular complexity index is 777. The minimum atomic E-state index is 0.224. The van der Waals surface area contributed by atoms with Crippen LogP contribution in [0.25, 0.3) is 0 Å². The Morgan fingerprint density at radius 3 is 2.43 bits per heavy atom. The van der Waals surface area contributed by atoms with Crippen LogP contribution in [0.2, 0.25) is 0 Å². The van der Waals surface area contributed by atoms with E-state index in [-0.39, 0.29) is 5.92 Å². The van der Waals surface area contributed by atoms with Crippen LogP contribution in [0.4, 0.5) is 5.69 Å². The van der Waals surface area contributed by atoms with E-state index in [4.69, 9.17) is 19.2 Å². The van der Waals surface area contributed by atoms with Crippen LogP contribution in [0.5, 0.6) is 17.2 Å². The Labute approximate surface area is 167 Å². The summed E-state index contributed by atoms with van der Waals surface area (Å²) in [4.78, 5) is 4.75. The molecule has 6 heteroatoms. The van der Waals surface area contributed by atoms with Gasteiger partial charge in [-0.1, -0.05) is 25.1 Å². The average molecular weight is 386 g/mol. The van der Waals surface area contributed by atoms with Crippen molar-refractivity contribution in [2.45, 2.75) is 26.7 Å². The first-order chi connectivity index (χ1) is 13.6. The van der Waals surface area contributed by atoms with Gasteiger partial charge in [-0.25, -0.2) is 0 Å². The van der Waals surface area contributed by atoms with Crippen LogP contribution in [0, 0.1) is 0 Å². The Morgan fingerprint density at radius 1 is 1.00 bits per heavy atom. The fourth-order valence-corrected chi connectivity index (χ4v) is 2.87. The molecule has 2 aromatic rings. The van der Waals surface area contributed by atoms with Crippen molar-refractivity contribution in [3.05, 3.63) is 48.0 Å². The molecular weight excluding hydrogens is 354 g/mol. The minimum absolute atomic E-state index is 0.224. The Balaban J connectivity index is 2.15. The van der Waals surface area contributed by atoms with Gasteiger partial charge in [0.15, 0.2) is 17.5 Å². The Kier molecular flexibility index (Phi) is 8.46. The second-order valence-corrected chi connectivity index (χ2v) is 6.29. The van der Waals surface area contributed by atoms with Crippen molar-refractivity contribution in [2.24, 2.45) is 4.99 Å². The molecule has 0 saturated carbocycles. The molecular formula is C22H31N3O3. The van der Waals surface area contributed by atoms with Crippen LogP contribution in [0.15, 0.2) is 47.5 Å². The number of rotatable bonds is 9. The SMILES string of the molecule is CCNC(=NCC(C)c1ccccc1OC)Nc1ccc(OC)c(OCC)c1. The van der Waals surface area contributed by atoms with Gasteiger partial charge in [-0.05, 0) is 37.6 Å². The lowest BCUT2D eigenvalue weighted by Crippen LogP contribution is -2.31. The van der Waals surface area contributed by atoms with Gasteiger partial charge in [0.2, 0.25) is 0 Å². The summed E-state index contributed by atoms with van der Waals surface area (Å²) in [5.74, 6) is 3.24. The lowest BCUT2D eigenvalue weighted by Gasteiger charge is -2.16. The highest BCUT2D eigenvalue weighted by atomic mass is 16.5. The third-order valence-electron chi connectivity index (χ3n) is 4.26. The van der Waals surface area contributed by atoms with Crippen molar-refractivity contribution in [3.63, 3.8) is 0 Å². The Morgan fingerprint density at radius 2 is 1.75 bits per heavy atom. The number of benzene rings is 2. The quantitative estimate of drug-likeness (QED) is 0.498. The van der Waals surface area contributed by atoms with Crippen molar-refractivity contribution in [2.75, 3.05) is 39.2 Å². The largest absolute Gasteiger partial charge is 0.496 e. The van der Waals surface area contributed by atoms with Crippen LogP contribution in [-0.4, -0.2) is 39.9 Å². The van der Waals surface area contributed by atoms with Gasteiger partial charge in [0.1, 0.15) is 5.75 Å². The molecule has 0 radical (unpaired) electrons. The normalized spacial score (nSPS) is 12.2. The van der Waals surface area contributed by atoms with E-state index in [0.29, 0.717) is 24.7 Å². The summed E-state index contributed by atoms with van der Waals surface area (Å²) in [6, 6.07) is 13.8. The summed E-state index contributed by atoms with van der Waals surface area (Å²) < 4.78 is 16.5. The van der Waals surface area contributed by atoms with Crippen LogP contribution >= 0.6 is 0 Å². The molecule has 0 aliphatic rings. The Hall–Kier alpha value is -2.89. The molecule has 0 spiro atoms. The molecule has 6 nitrogen and oxygen atoms in total. The zero-order valence-corrected chi connectivity index (χ0v) is 17.4. The van der Waals surface area contributed by atoms with Gasteiger partial charge < -0.3 is 24.8 Å². The number of para-hydroxylation sites is 1. The molecule has 0 saturated heterocycles. The fourth-order valence-electron chi connectivity index (χ4n) is 2.87. The van der Waals surface area contributed by atoms with E-state index in [1.54, 1.807) is 14.2 Å².